The van der Waals surface area contributed by atoms with Crippen LogP contribution >= 0.6 is 0 Å². The Bertz CT molecular complexity index is 586. The highest BCUT2D eigenvalue weighted by Crippen LogP contribution is 2.66. The molecule has 1 N–H and O–H groups in total. The molecular weight excluding hydrogens is 316 g/mol. The molecule has 0 unspecified atom stereocenters. The van der Waals surface area contributed by atoms with Crippen molar-refractivity contribution in [2.45, 2.75) is 84.3 Å². The Balaban J connectivity index is 1.61. The van der Waals surface area contributed by atoms with E-state index in [0.717, 1.165) is 38.5 Å². The van der Waals surface area contributed by atoms with Gasteiger partial charge in [0.1, 0.15) is 0 Å². The summed E-state index contributed by atoms with van der Waals surface area (Å²) in [4.78, 5) is 24.2. The Morgan fingerprint density at radius 1 is 1.08 bits per heavy atom. The second-order valence-electron chi connectivity index (χ2n) is 9.79. The van der Waals surface area contributed by atoms with Crippen molar-refractivity contribution in [1.29, 1.82) is 0 Å². The number of aliphatic hydroxyl groups is 1. The molecule has 4 fully saturated rings. The van der Waals surface area contributed by atoms with Crippen molar-refractivity contribution in [2.75, 3.05) is 0 Å². The summed E-state index contributed by atoms with van der Waals surface area (Å²) in [6.45, 7) is 6.05. The lowest BCUT2D eigenvalue weighted by Gasteiger charge is -2.60. The average Bonchev–Trinajstić information content (AvgIpc) is 2.79. The number of esters is 1. The van der Waals surface area contributed by atoms with Gasteiger partial charge in [-0.15, -0.1) is 0 Å². The summed E-state index contributed by atoms with van der Waals surface area (Å²) < 4.78 is 5.50. The minimum atomic E-state index is -0.533. The van der Waals surface area contributed by atoms with Crippen LogP contribution in [-0.4, -0.2) is 29.1 Å². The Morgan fingerprint density at radius 2 is 1.80 bits per heavy atom. The van der Waals surface area contributed by atoms with Crippen LogP contribution in [0.25, 0.3) is 0 Å². The van der Waals surface area contributed by atoms with Gasteiger partial charge in [0.05, 0.1) is 6.10 Å². The van der Waals surface area contributed by atoms with Crippen molar-refractivity contribution in [3.8, 4) is 0 Å². The van der Waals surface area contributed by atoms with Crippen LogP contribution < -0.4 is 0 Å². The molecule has 25 heavy (non-hydrogen) atoms. The molecule has 8 atom stereocenters. The van der Waals surface area contributed by atoms with Gasteiger partial charge < -0.3 is 9.84 Å². The van der Waals surface area contributed by atoms with Crippen LogP contribution in [-0.2, 0) is 14.3 Å². The Labute approximate surface area is 150 Å². The van der Waals surface area contributed by atoms with Crippen molar-refractivity contribution < 1.29 is 19.4 Å². The van der Waals surface area contributed by atoms with E-state index in [0.29, 0.717) is 35.5 Å². The first kappa shape index (κ1) is 17.5. The fourth-order valence-electron chi connectivity index (χ4n) is 7.35. The summed E-state index contributed by atoms with van der Waals surface area (Å²) in [6, 6.07) is 0. The minimum Gasteiger partial charge on any atom is -0.454 e. The quantitative estimate of drug-likeness (QED) is 0.737. The van der Waals surface area contributed by atoms with Gasteiger partial charge in [-0.3, -0.25) is 9.59 Å². The first-order valence-electron chi connectivity index (χ1n) is 10.1. The fourth-order valence-corrected chi connectivity index (χ4v) is 7.35. The lowest BCUT2D eigenvalue weighted by atomic mass is 9.45. The second-order valence-corrected chi connectivity index (χ2v) is 9.79. The number of ether oxygens (including phenoxy) is 1. The van der Waals surface area contributed by atoms with Gasteiger partial charge in [-0.1, -0.05) is 13.8 Å². The summed E-state index contributed by atoms with van der Waals surface area (Å²) >= 11 is 0. The monoisotopic (exact) mass is 348 g/mol. The van der Waals surface area contributed by atoms with Crippen LogP contribution in [0.3, 0.4) is 0 Å². The summed E-state index contributed by atoms with van der Waals surface area (Å²) in [7, 11) is 0. The van der Waals surface area contributed by atoms with E-state index in [4.69, 9.17) is 4.74 Å². The van der Waals surface area contributed by atoms with E-state index in [1.54, 1.807) is 0 Å². The highest BCUT2D eigenvalue weighted by atomic mass is 16.5. The Kier molecular flexibility index (Phi) is 4.06. The molecule has 4 aliphatic carbocycles. The Morgan fingerprint density at radius 3 is 2.52 bits per heavy atom. The van der Waals surface area contributed by atoms with Gasteiger partial charge in [-0.2, -0.15) is 0 Å². The molecule has 0 bridgehead atoms. The molecule has 0 spiro atoms. The molecule has 4 rings (SSSR count). The maximum Gasteiger partial charge on any atom is 0.303 e. The van der Waals surface area contributed by atoms with Gasteiger partial charge in [0.2, 0.25) is 0 Å². The minimum absolute atomic E-state index is 0.120. The largest absolute Gasteiger partial charge is 0.454 e. The van der Waals surface area contributed by atoms with Crippen LogP contribution in [0.1, 0.15) is 72.1 Å². The smallest absolute Gasteiger partial charge is 0.303 e. The first-order valence-corrected chi connectivity index (χ1v) is 10.1. The molecule has 140 valence electrons. The number of aliphatic hydroxyl groups excluding tert-OH is 1. The summed E-state index contributed by atoms with van der Waals surface area (Å²) in [6.07, 6.45) is 7.37. The molecule has 0 aromatic carbocycles. The number of ketones is 1. The van der Waals surface area contributed by atoms with Crippen LogP contribution in [0, 0.1) is 34.5 Å². The predicted molar refractivity (Wildman–Crippen MR) is 93.7 cm³/mol. The zero-order valence-corrected chi connectivity index (χ0v) is 15.8. The van der Waals surface area contributed by atoms with Crippen LogP contribution in [0.4, 0.5) is 0 Å². The third-order valence-electron chi connectivity index (χ3n) is 8.67. The van der Waals surface area contributed by atoms with Crippen molar-refractivity contribution >= 4 is 11.8 Å². The topological polar surface area (TPSA) is 63.6 Å². The zero-order chi connectivity index (χ0) is 18.0. The number of hydrogen-bond acceptors (Lipinski definition) is 4. The standard InChI is InChI=1S/C21H32O4/c1-12(22)25-19-18(24)11-17-15-5-4-13-10-14(23)6-8-20(13,2)16(15)7-9-21(17,19)3/h13-17,19,23H,4-11H2,1-3H3/t13-,14+,15+,16-,17-,19-,20-,21-/m1/s1. The number of fused-ring (bicyclic) bond motifs is 5. The van der Waals surface area contributed by atoms with Gasteiger partial charge in [0.25, 0.3) is 0 Å². The molecule has 4 nitrogen and oxygen atoms in total. The first-order chi connectivity index (χ1) is 11.8. The molecule has 4 saturated carbocycles. The molecule has 0 saturated heterocycles. The van der Waals surface area contributed by atoms with E-state index in [2.05, 4.69) is 13.8 Å². The third-order valence-corrected chi connectivity index (χ3v) is 8.67. The lowest BCUT2D eigenvalue weighted by Crippen LogP contribution is -2.54. The molecule has 0 aliphatic heterocycles. The van der Waals surface area contributed by atoms with E-state index in [9.17, 15) is 14.7 Å². The van der Waals surface area contributed by atoms with Gasteiger partial charge in [0.15, 0.2) is 11.9 Å². The van der Waals surface area contributed by atoms with Crippen molar-refractivity contribution in [1.82, 2.24) is 0 Å². The van der Waals surface area contributed by atoms with E-state index >= 15 is 0 Å². The van der Waals surface area contributed by atoms with Crippen molar-refractivity contribution in [3.63, 3.8) is 0 Å². The van der Waals surface area contributed by atoms with Gasteiger partial charge >= 0.3 is 5.97 Å². The van der Waals surface area contributed by atoms with Crippen LogP contribution in [0.2, 0.25) is 0 Å². The zero-order valence-electron chi connectivity index (χ0n) is 15.8. The average molecular weight is 348 g/mol. The lowest BCUT2D eigenvalue weighted by molar-refractivity contribution is -0.166. The SMILES string of the molecule is CC(=O)O[C@@H]1C(=O)C[C@@H]2[C@H]3CC[C@@H]4C[C@@H](O)CC[C@@]4(C)[C@@H]3CC[C@@]12C. The fraction of sp³-hybridized carbons (Fsp3) is 0.905. The molecule has 0 amide bonds. The summed E-state index contributed by atoms with van der Waals surface area (Å²) in [5, 5.41) is 10.1. The number of rotatable bonds is 1. The highest BCUT2D eigenvalue weighted by Gasteiger charge is 2.63. The van der Waals surface area contributed by atoms with E-state index < -0.39 is 6.10 Å². The molecule has 0 radical (unpaired) electrons. The van der Waals surface area contributed by atoms with Crippen molar-refractivity contribution in [3.05, 3.63) is 0 Å². The summed E-state index contributed by atoms with van der Waals surface area (Å²) in [5.74, 6) is 2.00. The number of carbonyl (C=O) groups excluding carboxylic acids is 2. The highest BCUT2D eigenvalue weighted by molar-refractivity contribution is 5.89. The maximum absolute atomic E-state index is 12.7. The molecular formula is C21H32O4. The normalized spacial score (nSPS) is 52.1. The number of Topliss-reactive ketones (excluding diaryl/α,β-unsaturated/α-hetero) is 1. The summed E-state index contributed by atoms with van der Waals surface area (Å²) in [5.41, 5.74) is 0.132. The maximum atomic E-state index is 12.7. The molecule has 4 aliphatic rings. The number of hydrogen-bond donors (Lipinski definition) is 1. The molecule has 0 heterocycles. The van der Waals surface area contributed by atoms with Gasteiger partial charge in [-0.05, 0) is 74.0 Å². The van der Waals surface area contributed by atoms with Crippen LogP contribution in [0.15, 0.2) is 0 Å². The van der Waals surface area contributed by atoms with Crippen LogP contribution in [0.5, 0.6) is 0 Å². The third kappa shape index (κ3) is 2.50. The molecule has 0 aromatic heterocycles. The predicted octanol–water partition coefficient (Wildman–Crippen LogP) is 3.50. The molecule has 4 heteroatoms. The van der Waals surface area contributed by atoms with Gasteiger partial charge in [0, 0.05) is 18.8 Å². The molecule has 0 aromatic rings. The van der Waals surface area contributed by atoms with E-state index in [1.165, 1.54) is 13.3 Å². The van der Waals surface area contributed by atoms with Gasteiger partial charge in [-0.25, -0.2) is 0 Å². The second kappa shape index (κ2) is 5.80. The van der Waals surface area contributed by atoms with E-state index in [-0.39, 0.29) is 23.3 Å². The number of carbonyl (C=O) groups is 2. The Hall–Kier alpha value is -0.900. The van der Waals surface area contributed by atoms with E-state index in [1.807, 2.05) is 0 Å². The van der Waals surface area contributed by atoms with Crippen molar-refractivity contribution in [2.24, 2.45) is 34.5 Å².